The van der Waals surface area contributed by atoms with Gasteiger partial charge in [-0.1, -0.05) is 26.7 Å². The molecule has 1 saturated carbocycles. The molecule has 22 heavy (non-hydrogen) atoms. The smallest absolute Gasteiger partial charge is 0.269 e. The minimum Gasteiger partial charge on any atom is -0.346 e. The van der Waals surface area contributed by atoms with Gasteiger partial charge in [0.1, 0.15) is 5.69 Å². The second-order valence-corrected chi connectivity index (χ2v) is 7.22. The molecule has 0 aromatic carbocycles. The van der Waals surface area contributed by atoms with Gasteiger partial charge in [0.05, 0.1) is 0 Å². The lowest BCUT2D eigenvalue weighted by molar-refractivity contribution is 0.0915. The predicted molar refractivity (Wildman–Crippen MR) is 86.6 cm³/mol. The molecule has 5 heteroatoms. The van der Waals surface area contributed by atoms with Crippen LogP contribution in [0.25, 0.3) is 0 Å². The Labute approximate surface area is 133 Å². The van der Waals surface area contributed by atoms with Crippen LogP contribution in [-0.2, 0) is 7.05 Å². The number of rotatable bonds is 4. The Hall–Kier alpha value is -1.36. The number of nitrogens with one attached hydrogen (secondary N) is 1. The van der Waals surface area contributed by atoms with Gasteiger partial charge in [-0.3, -0.25) is 14.4 Å². The molecule has 1 aliphatic heterocycles. The summed E-state index contributed by atoms with van der Waals surface area (Å²) in [6.45, 7) is 6.66. The Bertz CT molecular complexity index is 518. The van der Waals surface area contributed by atoms with Gasteiger partial charge in [0, 0.05) is 38.4 Å². The normalized spacial score (nSPS) is 26.9. The molecule has 2 fully saturated rings. The third-order valence-electron chi connectivity index (χ3n) is 5.46. The molecule has 1 saturated heterocycles. The zero-order chi connectivity index (χ0) is 15.7. The quantitative estimate of drug-likeness (QED) is 0.926. The Morgan fingerprint density at radius 3 is 2.64 bits per heavy atom. The van der Waals surface area contributed by atoms with E-state index in [1.165, 1.54) is 25.7 Å². The van der Waals surface area contributed by atoms with E-state index < -0.39 is 0 Å². The Morgan fingerprint density at radius 2 is 2.05 bits per heavy atom. The molecule has 0 bridgehead atoms. The molecule has 1 N–H and O–H groups in total. The molecule has 2 heterocycles. The molecule has 3 rings (SSSR count). The summed E-state index contributed by atoms with van der Waals surface area (Å²) in [4.78, 5) is 15.1. The predicted octanol–water partition coefficient (Wildman–Crippen LogP) is 2.05. The zero-order valence-electron chi connectivity index (χ0n) is 14.0. The fourth-order valence-electron chi connectivity index (χ4n) is 4.10. The van der Waals surface area contributed by atoms with E-state index in [4.69, 9.17) is 0 Å². The van der Waals surface area contributed by atoms with Crippen molar-refractivity contribution in [3.8, 4) is 0 Å². The lowest BCUT2D eigenvalue weighted by Crippen LogP contribution is -2.43. The maximum Gasteiger partial charge on any atom is 0.269 e. The molecular weight excluding hydrogens is 276 g/mol. The van der Waals surface area contributed by atoms with E-state index in [1.54, 1.807) is 16.9 Å². The van der Waals surface area contributed by atoms with Crippen molar-refractivity contribution in [3.05, 3.63) is 18.0 Å². The Balaban J connectivity index is 1.68. The van der Waals surface area contributed by atoms with E-state index in [1.807, 2.05) is 7.05 Å². The summed E-state index contributed by atoms with van der Waals surface area (Å²) in [5.74, 6) is 1.13. The molecule has 2 atom stereocenters. The maximum atomic E-state index is 12.5. The van der Waals surface area contributed by atoms with E-state index in [0.717, 1.165) is 19.1 Å². The molecule has 0 unspecified atom stereocenters. The first-order valence-electron chi connectivity index (χ1n) is 8.59. The highest BCUT2D eigenvalue weighted by molar-refractivity contribution is 5.92. The van der Waals surface area contributed by atoms with E-state index >= 15 is 0 Å². The van der Waals surface area contributed by atoms with Crippen LogP contribution in [0.2, 0.25) is 0 Å². The molecule has 5 nitrogen and oxygen atoms in total. The number of nitrogens with zero attached hydrogens (tertiary/aromatic N) is 3. The summed E-state index contributed by atoms with van der Waals surface area (Å²) in [6, 6.07) is 2.77. The number of aryl methyl sites for hydroxylation is 1. The molecule has 1 aliphatic carbocycles. The number of hydrogen-bond acceptors (Lipinski definition) is 3. The third kappa shape index (κ3) is 3.05. The van der Waals surface area contributed by atoms with E-state index in [0.29, 0.717) is 17.5 Å². The highest BCUT2D eigenvalue weighted by Crippen LogP contribution is 2.31. The summed E-state index contributed by atoms with van der Waals surface area (Å²) in [5, 5.41) is 7.36. The first-order valence-corrected chi connectivity index (χ1v) is 8.59. The van der Waals surface area contributed by atoms with E-state index in [2.05, 4.69) is 29.2 Å². The first-order chi connectivity index (χ1) is 10.6. The SMILES string of the molecule is CC(C)[C@H]1CN(C2CCCC2)C[C@@H]1NC(=O)c1ccnn1C. The van der Waals surface area contributed by atoms with Crippen LogP contribution < -0.4 is 5.32 Å². The first kappa shape index (κ1) is 15.5. The van der Waals surface area contributed by atoms with Crippen LogP contribution in [0.3, 0.4) is 0 Å². The summed E-state index contributed by atoms with van der Waals surface area (Å²) >= 11 is 0. The minimum atomic E-state index is 0.00363. The zero-order valence-corrected chi connectivity index (χ0v) is 14.0. The summed E-state index contributed by atoms with van der Waals surface area (Å²) < 4.78 is 1.64. The summed E-state index contributed by atoms with van der Waals surface area (Å²) in [7, 11) is 1.81. The van der Waals surface area contributed by atoms with Gasteiger partial charge in [0.15, 0.2) is 0 Å². The van der Waals surface area contributed by atoms with Crippen molar-refractivity contribution in [2.45, 2.75) is 51.6 Å². The fourth-order valence-corrected chi connectivity index (χ4v) is 4.10. The number of amides is 1. The lowest BCUT2D eigenvalue weighted by atomic mass is 9.91. The van der Waals surface area contributed by atoms with Gasteiger partial charge in [-0.25, -0.2) is 0 Å². The van der Waals surface area contributed by atoms with Crippen molar-refractivity contribution in [2.75, 3.05) is 13.1 Å². The largest absolute Gasteiger partial charge is 0.346 e. The molecule has 0 radical (unpaired) electrons. The number of hydrogen-bond donors (Lipinski definition) is 1. The van der Waals surface area contributed by atoms with Gasteiger partial charge in [-0.2, -0.15) is 5.10 Å². The summed E-state index contributed by atoms with van der Waals surface area (Å²) in [5.41, 5.74) is 0.641. The van der Waals surface area contributed by atoms with Crippen LogP contribution in [0.15, 0.2) is 12.3 Å². The number of aromatic nitrogens is 2. The van der Waals surface area contributed by atoms with Crippen LogP contribution >= 0.6 is 0 Å². The fraction of sp³-hybridized carbons (Fsp3) is 0.765. The average molecular weight is 304 g/mol. The van der Waals surface area contributed by atoms with Crippen LogP contribution in [0.1, 0.15) is 50.0 Å². The van der Waals surface area contributed by atoms with Crippen LogP contribution in [0, 0.1) is 11.8 Å². The van der Waals surface area contributed by atoms with E-state index in [-0.39, 0.29) is 11.9 Å². The number of carbonyl (C=O) groups is 1. The van der Waals surface area contributed by atoms with Gasteiger partial charge in [0.25, 0.3) is 5.91 Å². The molecular formula is C17H28N4O. The Kier molecular flexibility index (Phi) is 4.52. The standard InChI is InChI=1S/C17H28N4O/c1-12(2)14-10-21(13-6-4-5-7-13)11-15(14)19-17(22)16-8-9-18-20(16)3/h8-9,12-15H,4-7,10-11H2,1-3H3,(H,19,22)/t14-,15+/m1/s1. The van der Waals surface area contributed by atoms with Crippen LogP contribution in [0.5, 0.6) is 0 Å². The van der Waals surface area contributed by atoms with Gasteiger partial charge < -0.3 is 5.32 Å². The van der Waals surface area contributed by atoms with Gasteiger partial charge in [0.2, 0.25) is 0 Å². The van der Waals surface area contributed by atoms with E-state index in [9.17, 15) is 4.79 Å². The number of carbonyl (C=O) groups excluding carboxylic acids is 1. The highest BCUT2D eigenvalue weighted by Gasteiger charge is 2.39. The molecule has 2 aliphatic rings. The second-order valence-electron chi connectivity index (χ2n) is 7.22. The van der Waals surface area contributed by atoms with Gasteiger partial charge in [-0.15, -0.1) is 0 Å². The third-order valence-corrected chi connectivity index (χ3v) is 5.46. The van der Waals surface area contributed by atoms with Crippen molar-refractivity contribution in [2.24, 2.45) is 18.9 Å². The van der Waals surface area contributed by atoms with Crippen LogP contribution in [0.4, 0.5) is 0 Å². The van der Waals surface area contributed by atoms with Crippen LogP contribution in [-0.4, -0.2) is 45.8 Å². The average Bonchev–Trinajstić information content (AvgIpc) is 3.16. The van der Waals surface area contributed by atoms with Crippen molar-refractivity contribution in [1.29, 1.82) is 0 Å². The topological polar surface area (TPSA) is 50.2 Å². The monoisotopic (exact) mass is 304 g/mol. The number of likely N-dealkylation sites (tertiary alicyclic amines) is 1. The van der Waals surface area contributed by atoms with Gasteiger partial charge in [-0.05, 0) is 30.7 Å². The van der Waals surface area contributed by atoms with Crippen molar-refractivity contribution < 1.29 is 4.79 Å². The lowest BCUT2D eigenvalue weighted by Gasteiger charge is -2.23. The van der Waals surface area contributed by atoms with Crippen molar-refractivity contribution >= 4 is 5.91 Å². The summed E-state index contributed by atoms with van der Waals surface area (Å²) in [6.07, 6.45) is 7.05. The Morgan fingerprint density at radius 1 is 1.32 bits per heavy atom. The molecule has 1 amide bonds. The molecule has 1 aromatic rings. The molecule has 122 valence electrons. The van der Waals surface area contributed by atoms with Crippen molar-refractivity contribution in [1.82, 2.24) is 20.0 Å². The molecule has 0 spiro atoms. The minimum absolute atomic E-state index is 0.00363. The maximum absolute atomic E-state index is 12.5. The van der Waals surface area contributed by atoms with Crippen molar-refractivity contribution in [3.63, 3.8) is 0 Å². The second kappa shape index (κ2) is 6.41. The molecule has 1 aromatic heterocycles. The highest BCUT2D eigenvalue weighted by atomic mass is 16.2. The van der Waals surface area contributed by atoms with Gasteiger partial charge >= 0.3 is 0 Å².